The zero-order valence-electron chi connectivity index (χ0n) is 7.50. The van der Waals surface area contributed by atoms with Crippen molar-refractivity contribution in [3.63, 3.8) is 0 Å². The maximum absolute atomic E-state index is 12.5. The van der Waals surface area contributed by atoms with E-state index >= 15 is 0 Å². The summed E-state index contributed by atoms with van der Waals surface area (Å²) in [5, 5.41) is 8.78. The van der Waals surface area contributed by atoms with Crippen molar-refractivity contribution in [3.05, 3.63) is 17.3 Å². The first-order valence-electron chi connectivity index (χ1n) is 3.82. The molecule has 0 aliphatic carbocycles. The molecule has 78 valence electrons. The van der Waals surface area contributed by atoms with Gasteiger partial charge >= 0.3 is 0 Å². The predicted molar refractivity (Wildman–Crippen MR) is 46.1 cm³/mol. The Morgan fingerprint density at radius 1 is 1.64 bits per heavy atom. The van der Waals surface area contributed by atoms with Gasteiger partial charge in [-0.15, -0.1) is 0 Å². The number of rotatable bonds is 3. The normalized spacial score (nSPS) is 10.6. The van der Waals surface area contributed by atoms with Gasteiger partial charge in [-0.1, -0.05) is 0 Å². The third kappa shape index (κ3) is 1.74. The highest BCUT2D eigenvalue weighted by Crippen LogP contribution is 2.33. The number of halogens is 2. The first-order valence-corrected chi connectivity index (χ1v) is 3.82. The molecule has 0 radical (unpaired) electrons. The Balaban J connectivity index is 3.31. The first-order chi connectivity index (χ1) is 6.61. The highest BCUT2D eigenvalue weighted by Gasteiger charge is 2.20. The molecule has 4 nitrogen and oxygen atoms in total. The van der Waals surface area contributed by atoms with E-state index in [1.165, 1.54) is 13.3 Å². The Bertz CT molecular complexity index is 331. The van der Waals surface area contributed by atoms with E-state index in [0.29, 0.717) is 0 Å². The van der Waals surface area contributed by atoms with Gasteiger partial charge in [0.1, 0.15) is 5.56 Å². The van der Waals surface area contributed by atoms with Crippen LogP contribution in [0.25, 0.3) is 0 Å². The van der Waals surface area contributed by atoms with E-state index in [2.05, 4.69) is 9.72 Å². The van der Waals surface area contributed by atoms with Crippen LogP contribution in [0.3, 0.4) is 0 Å². The summed E-state index contributed by atoms with van der Waals surface area (Å²) in [6.07, 6.45) is -1.57. The SMILES string of the molecule is COc1ncc(CO)c(N)c1C(F)F. The summed E-state index contributed by atoms with van der Waals surface area (Å²) in [7, 11) is 1.23. The lowest BCUT2D eigenvalue weighted by Gasteiger charge is -2.11. The molecule has 0 atom stereocenters. The summed E-state index contributed by atoms with van der Waals surface area (Å²) in [4.78, 5) is 3.61. The van der Waals surface area contributed by atoms with E-state index in [1.807, 2.05) is 0 Å². The van der Waals surface area contributed by atoms with Gasteiger partial charge in [0, 0.05) is 11.8 Å². The Labute approximate surface area is 79.3 Å². The van der Waals surface area contributed by atoms with E-state index in [1.54, 1.807) is 0 Å². The van der Waals surface area contributed by atoms with Crippen molar-refractivity contribution in [2.45, 2.75) is 13.0 Å². The molecule has 14 heavy (non-hydrogen) atoms. The number of alkyl halides is 2. The fourth-order valence-electron chi connectivity index (χ4n) is 1.06. The van der Waals surface area contributed by atoms with Crippen LogP contribution in [-0.4, -0.2) is 17.2 Å². The molecule has 0 fully saturated rings. The summed E-state index contributed by atoms with van der Waals surface area (Å²) in [6, 6.07) is 0. The smallest absolute Gasteiger partial charge is 0.271 e. The standard InChI is InChI=1S/C8H10F2N2O2/c1-14-8-5(7(9)10)6(11)4(3-13)2-12-8/h2,7,13H,3H2,1H3,(H2,11,12). The summed E-state index contributed by atoms with van der Waals surface area (Å²) < 4.78 is 29.7. The number of aromatic nitrogens is 1. The van der Waals surface area contributed by atoms with Gasteiger partial charge in [0.25, 0.3) is 6.43 Å². The van der Waals surface area contributed by atoms with Crippen LogP contribution in [0.4, 0.5) is 14.5 Å². The number of ether oxygens (including phenoxy) is 1. The van der Waals surface area contributed by atoms with Crippen LogP contribution >= 0.6 is 0 Å². The van der Waals surface area contributed by atoms with E-state index in [4.69, 9.17) is 10.8 Å². The molecular weight excluding hydrogens is 194 g/mol. The lowest BCUT2D eigenvalue weighted by molar-refractivity contribution is 0.146. The lowest BCUT2D eigenvalue weighted by atomic mass is 10.1. The average molecular weight is 204 g/mol. The van der Waals surface area contributed by atoms with Gasteiger partial charge in [0.2, 0.25) is 5.88 Å². The zero-order valence-corrected chi connectivity index (χ0v) is 7.50. The molecular formula is C8H10F2N2O2. The van der Waals surface area contributed by atoms with E-state index < -0.39 is 18.6 Å². The predicted octanol–water partition coefficient (Wildman–Crippen LogP) is 1.10. The molecule has 0 spiro atoms. The molecule has 1 heterocycles. The van der Waals surface area contributed by atoms with Crippen LogP contribution in [0.5, 0.6) is 5.88 Å². The Morgan fingerprint density at radius 2 is 2.29 bits per heavy atom. The van der Waals surface area contributed by atoms with Gasteiger partial charge in [-0.25, -0.2) is 13.8 Å². The maximum Gasteiger partial charge on any atom is 0.271 e. The van der Waals surface area contributed by atoms with Crippen molar-refractivity contribution in [2.75, 3.05) is 12.8 Å². The molecule has 0 unspecified atom stereocenters. The van der Waals surface area contributed by atoms with Gasteiger partial charge in [-0.3, -0.25) is 0 Å². The number of methoxy groups -OCH3 is 1. The van der Waals surface area contributed by atoms with Crippen LogP contribution in [-0.2, 0) is 6.61 Å². The molecule has 0 saturated carbocycles. The Morgan fingerprint density at radius 3 is 2.71 bits per heavy atom. The van der Waals surface area contributed by atoms with Crippen LogP contribution in [0.15, 0.2) is 6.20 Å². The second-order valence-electron chi connectivity index (χ2n) is 2.58. The van der Waals surface area contributed by atoms with Gasteiger partial charge in [-0.2, -0.15) is 0 Å². The minimum absolute atomic E-state index is 0.168. The number of aliphatic hydroxyl groups is 1. The maximum atomic E-state index is 12.5. The zero-order chi connectivity index (χ0) is 10.7. The number of hydrogen-bond acceptors (Lipinski definition) is 4. The fourth-order valence-corrected chi connectivity index (χ4v) is 1.06. The molecule has 1 aromatic heterocycles. The Kier molecular flexibility index (Phi) is 3.19. The van der Waals surface area contributed by atoms with E-state index in [9.17, 15) is 8.78 Å². The van der Waals surface area contributed by atoms with Gasteiger partial charge in [-0.05, 0) is 0 Å². The second-order valence-corrected chi connectivity index (χ2v) is 2.58. The number of hydrogen-bond donors (Lipinski definition) is 2. The number of nitrogen functional groups attached to an aromatic ring is 1. The van der Waals surface area contributed by atoms with E-state index in [0.717, 1.165) is 0 Å². The van der Waals surface area contributed by atoms with Crippen molar-refractivity contribution in [2.24, 2.45) is 0 Å². The number of anilines is 1. The van der Waals surface area contributed by atoms with Gasteiger partial charge in [0.05, 0.1) is 19.4 Å². The highest BCUT2D eigenvalue weighted by molar-refractivity contribution is 5.57. The molecule has 3 N–H and O–H groups in total. The molecule has 0 aromatic carbocycles. The van der Waals surface area contributed by atoms with Gasteiger partial charge < -0.3 is 15.6 Å². The average Bonchev–Trinajstić information content (AvgIpc) is 2.16. The molecule has 1 rings (SSSR count). The Hall–Kier alpha value is -1.43. The summed E-state index contributed by atoms with van der Waals surface area (Å²) in [5.41, 5.74) is 4.93. The summed E-state index contributed by atoms with van der Waals surface area (Å²) >= 11 is 0. The second kappa shape index (κ2) is 4.19. The van der Waals surface area contributed by atoms with Crippen LogP contribution < -0.4 is 10.5 Å². The van der Waals surface area contributed by atoms with Crippen LogP contribution in [0.1, 0.15) is 17.6 Å². The van der Waals surface area contributed by atoms with Crippen molar-refractivity contribution in [3.8, 4) is 5.88 Å². The minimum Gasteiger partial charge on any atom is -0.481 e. The molecule has 0 bridgehead atoms. The summed E-state index contributed by atoms with van der Waals surface area (Å²) in [6.45, 7) is -0.428. The third-order valence-electron chi connectivity index (χ3n) is 1.79. The summed E-state index contributed by atoms with van der Waals surface area (Å²) in [5.74, 6) is -0.213. The van der Waals surface area contributed by atoms with Crippen molar-refractivity contribution in [1.82, 2.24) is 4.98 Å². The molecule has 6 heteroatoms. The quantitative estimate of drug-likeness (QED) is 0.773. The number of nitrogens with two attached hydrogens (primary N) is 1. The topological polar surface area (TPSA) is 68.4 Å². The monoisotopic (exact) mass is 204 g/mol. The fraction of sp³-hybridized carbons (Fsp3) is 0.375. The third-order valence-corrected chi connectivity index (χ3v) is 1.79. The number of aliphatic hydroxyl groups excluding tert-OH is 1. The highest BCUT2D eigenvalue weighted by atomic mass is 19.3. The van der Waals surface area contributed by atoms with Crippen molar-refractivity contribution < 1.29 is 18.6 Å². The number of nitrogens with zero attached hydrogens (tertiary/aromatic N) is 1. The molecule has 0 aliphatic heterocycles. The van der Waals surface area contributed by atoms with Crippen molar-refractivity contribution >= 4 is 5.69 Å². The van der Waals surface area contributed by atoms with Gasteiger partial charge in [0.15, 0.2) is 0 Å². The minimum atomic E-state index is -2.77. The molecule has 0 saturated heterocycles. The molecule has 1 aromatic rings. The first kappa shape index (κ1) is 10.6. The largest absolute Gasteiger partial charge is 0.481 e. The molecule has 0 aliphatic rings. The molecule has 0 amide bonds. The lowest BCUT2D eigenvalue weighted by Crippen LogP contribution is -2.05. The van der Waals surface area contributed by atoms with Crippen LogP contribution in [0, 0.1) is 0 Å². The van der Waals surface area contributed by atoms with Crippen LogP contribution in [0.2, 0.25) is 0 Å². The van der Waals surface area contributed by atoms with E-state index in [-0.39, 0.29) is 17.1 Å². The number of pyridine rings is 1. The van der Waals surface area contributed by atoms with Crippen molar-refractivity contribution in [1.29, 1.82) is 0 Å².